The Morgan fingerprint density at radius 3 is 1.98 bits per heavy atom. The SMILES string of the molecule is CCOC(=O)c1c(N)sc2c1CCN(C(=O)c1ccccc1)C2.O=C(c1ccccc1)N1CCc2c(sc3nc(-c4ccncc4)[nH]c(=O)c23)C1. The maximum Gasteiger partial charge on any atom is 0.341 e. The summed E-state index contributed by atoms with van der Waals surface area (Å²) in [6.45, 7) is 4.25. The first kappa shape index (κ1) is 33.8. The van der Waals surface area contributed by atoms with Gasteiger partial charge >= 0.3 is 5.97 Å². The molecule has 0 saturated carbocycles. The third-order valence-corrected chi connectivity index (χ3v) is 11.0. The van der Waals surface area contributed by atoms with Gasteiger partial charge in [0.1, 0.15) is 15.7 Å². The predicted molar refractivity (Wildman–Crippen MR) is 198 cm³/mol. The van der Waals surface area contributed by atoms with Crippen molar-refractivity contribution in [3.63, 3.8) is 0 Å². The van der Waals surface area contributed by atoms with Crippen LogP contribution in [0.25, 0.3) is 21.6 Å². The number of aromatic amines is 1. The minimum Gasteiger partial charge on any atom is -0.462 e. The monoisotopic (exact) mass is 718 g/mol. The van der Waals surface area contributed by atoms with Crippen molar-refractivity contribution >= 4 is 55.7 Å². The van der Waals surface area contributed by atoms with Crippen molar-refractivity contribution in [1.82, 2.24) is 24.8 Å². The Kier molecular flexibility index (Phi) is 9.73. The van der Waals surface area contributed by atoms with Crippen LogP contribution in [0.4, 0.5) is 5.00 Å². The van der Waals surface area contributed by atoms with E-state index in [1.54, 1.807) is 24.2 Å². The molecule has 8 rings (SSSR count). The van der Waals surface area contributed by atoms with E-state index in [-0.39, 0.29) is 23.3 Å². The molecule has 0 unspecified atom stereocenters. The number of thiophene rings is 2. The molecule has 2 aliphatic rings. The van der Waals surface area contributed by atoms with Gasteiger partial charge in [0.25, 0.3) is 17.4 Å². The summed E-state index contributed by atoms with van der Waals surface area (Å²) >= 11 is 2.87. The van der Waals surface area contributed by atoms with Crippen molar-refractivity contribution in [2.45, 2.75) is 32.9 Å². The van der Waals surface area contributed by atoms with Crippen LogP contribution in [0.3, 0.4) is 0 Å². The molecule has 0 bridgehead atoms. The second-order valence-electron chi connectivity index (χ2n) is 12.0. The Morgan fingerprint density at radius 1 is 0.824 bits per heavy atom. The van der Waals surface area contributed by atoms with Crippen LogP contribution < -0.4 is 11.3 Å². The molecule has 4 aromatic heterocycles. The number of hydrogen-bond acceptors (Lipinski definition) is 10. The number of amides is 2. The molecule has 2 aromatic carbocycles. The number of benzene rings is 2. The standard InChI is InChI=1S/C21H16N4O2S.C17H18N2O3S/c26-19-17-15-8-11-25(21(27)14-4-2-1-3-5-14)12-16(15)28-20(17)24-18(23-19)13-6-9-22-10-7-13;1-2-22-17(21)14-12-8-9-19(10-13(12)23-15(14)18)16(20)11-6-4-3-5-7-11/h1-7,9-10H,8,11-12H2,(H,23,24,26);3-7H,2,8-10,18H2,1H3. The Morgan fingerprint density at radius 2 is 1.39 bits per heavy atom. The molecule has 0 spiro atoms. The van der Waals surface area contributed by atoms with E-state index in [1.807, 2.05) is 77.7 Å². The molecule has 0 aliphatic carbocycles. The lowest BCUT2D eigenvalue weighted by Crippen LogP contribution is -2.35. The number of rotatable bonds is 5. The molecular formula is C38H34N6O5S2. The van der Waals surface area contributed by atoms with Crippen molar-refractivity contribution in [3.8, 4) is 11.4 Å². The van der Waals surface area contributed by atoms with Crippen molar-refractivity contribution in [2.24, 2.45) is 0 Å². The van der Waals surface area contributed by atoms with Crippen LogP contribution in [0.2, 0.25) is 0 Å². The van der Waals surface area contributed by atoms with Crippen molar-refractivity contribution < 1.29 is 19.1 Å². The number of carbonyl (C=O) groups excluding carboxylic acids is 3. The number of nitrogens with two attached hydrogens (primary N) is 1. The van der Waals surface area contributed by atoms with Crippen LogP contribution in [0.1, 0.15) is 58.9 Å². The summed E-state index contributed by atoms with van der Waals surface area (Å²) < 4.78 is 5.08. The second-order valence-corrected chi connectivity index (χ2v) is 14.2. The maximum atomic E-state index is 12.8. The first-order valence-corrected chi connectivity index (χ1v) is 18.2. The first-order chi connectivity index (χ1) is 24.8. The number of nitrogen functional groups attached to an aromatic ring is 1. The highest BCUT2D eigenvalue weighted by Crippen LogP contribution is 2.36. The second kappa shape index (κ2) is 14.7. The smallest absolute Gasteiger partial charge is 0.341 e. The van der Waals surface area contributed by atoms with Gasteiger partial charge in [0.15, 0.2) is 0 Å². The number of fused-ring (bicyclic) bond motifs is 4. The van der Waals surface area contributed by atoms with Crippen molar-refractivity contribution in [3.05, 3.63) is 133 Å². The van der Waals surface area contributed by atoms with Crippen LogP contribution in [0, 0.1) is 0 Å². The molecule has 0 fully saturated rings. The quantitative estimate of drug-likeness (QED) is 0.208. The molecule has 0 radical (unpaired) electrons. The Labute approximate surface area is 301 Å². The fraction of sp³-hybridized carbons (Fsp3) is 0.211. The molecule has 2 amide bonds. The van der Waals surface area contributed by atoms with Crippen molar-refractivity contribution in [1.29, 1.82) is 0 Å². The normalized spacial score (nSPS) is 13.5. The predicted octanol–water partition coefficient (Wildman–Crippen LogP) is 5.95. The average molecular weight is 719 g/mol. The summed E-state index contributed by atoms with van der Waals surface area (Å²) in [5.74, 6) is 0.185. The Balaban J connectivity index is 0.000000163. The lowest BCUT2D eigenvalue weighted by Gasteiger charge is -2.27. The highest BCUT2D eigenvalue weighted by molar-refractivity contribution is 7.18. The van der Waals surface area contributed by atoms with E-state index in [9.17, 15) is 19.2 Å². The third-order valence-electron chi connectivity index (χ3n) is 8.84. The lowest BCUT2D eigenvalue weighted by molar-refractivity contribution is 0.0526. The van der Waals surface area contributed by atoms with Crippen LogP contribution in [0.15, 0.2) is 90.0 Å². The molecule has 2 aliphatic heterocycles. The Hall–Kier alpha value is -5.66. The van der Waals surface area contributed by atoms with Gasteiger partial charge in [-0.3, -0.25) is 19.4 Å². The van der Waals surface area contributed by atoms with E-state index in [0.717, 1.165) is 31.3 Å². The van der Waals surface area contributed by atoms with E-state index in [4.69, 9.17) is 10.5 Å². The van der Waals surface area contributed by atoms with E-state index in [0.29, 0.717) is 78.5 Å². The summed E-state index contributed by atoms with van der Waals surface area (Å²) in [5.41, 5.74) is 10.5. The zero-order valence-electron chi connectivity index (χ0n) is 27.8. The molecular weight excluding hydrogens is 685 g/mol. The minimum atomic E-state index is -0.370. The maximum absolute atomic E-state index is 12.8. The number of nitrogens with zero attached hydrogens (tertiary/aromatic N) is 4. The van der Waals surface area contributed by atoms with Gasteiger partial charge in [-0.15, -0.1) is 22.7 Å². The topological polar surface area (TPSA) is 152 Å². The molecule has 11 nitrogen and oxygen atoms in total. The van der Waals surface area contributed by atoms with Gasteiger partial charge in [-0.2, -0.15) is 0 Å². The molecule has 0 saturated heterocycles. The number of hydrogen-bond donors (Lipinski definition) is 2. The molecule has 6 heterocycles. The summed E-state index contributed by atoms with van der Waals surface area (Å²) in [5, 5.41) is 1.13. The number of ether oxygens (including phenoxy) is 1. The molecule has 6 aromatic rings. The number of H-pyrrole nitrogens is 1. The number of esters is 1. The zero-order valence-corrected chi connectivity index (χ0v) is 29.4. The number of aromatic nitrogens is 3. The van der Waals surface area contributed by atoms with Crippen LogP contribution >= 0.6 is 22.7 Å². The first-order valence-electron chi connectivity index (χ1n) is 16.5. The van der Waals surface area contributed by atoms with Gasteiger partial charge in [0.05, 0.1) is 30.6 Å². The van der Waals surface area contributed by atoms with Gasteiger partial charge in [0.2, 0.25) is 0 Å². The third kappa shape index (κ3) is 6.90. The minimum absolute atomic E-state index is 0.000839. The summed E-state index contributed by atoms with van der Waals surface area (Å²) in [7, 11) is 0. The zero-order chi connectivity index (χ0) is 35.5. The van der Waals surface area contributed by atoms with E-state index in [2.05, 4.69) is 15.0 Å². The van der Waals surface area contributed by atoms with Gasteiger partial charge in [-0.05, 0) is 67.3 Å². The fourth-order valence-corrected chi connectivity index (χ4v) is 8.73. The number of anilines is 1. The summed E-state index contributed by atoms with van der Waals surface area (Å²) in [6, 6.07) is 22.1. The van der Waals surface area contributed by atoms with E-state index < -0.39 is 0 Å². The van der Waals surface area contributed by atoms with Crippen LogP contribution in [-0.4, -0.2) is 62.2 Å². The summed E-state index contributed by atoms with van der Waals surface area (Å²) in [4.78, 5) is 68.1. The molecule has 13 heteroatoms. The van der Waals surface area contributed by atoms with E-state index >= 15 is 0 Å². The lowest BCUT2D eigenvalue weighted by atomic mass is 10.0. The van der Waals surface area contributed by atoms with Gasteiger partial charge in [0, 0.05) is 51.9 Å². The number of pyridine rings is 1. The molecule has 258 valence electrons. The van der Waals surface area contributed by atoms with Crippen molar-refractivity contribution in [2.75, 3.05) is 25.4 Å². The van der Waals surface area contributed by atoms with E-state index in [1.165, 1.54) is 22.7 Å². The fourth-order valence-electron chi connectivity index (χ4n) is 6.37. The molecule has 3 N–H and O–H groups in total. The largest absolute Gasteiger partial charge is 0.462 e. The van der Waals surface area contributed by atoms with Gasteiger partial charge in [-0.25, -0.2) is 9.78 Å². The van der Waals surface area contributed by atoms with Gasteiger partial charge < -0.3 is 25.3 Å². The average Bonchev–Trinajstić information content (AvgIpc) is 3.71. The molecule has 51 heavy (non-hydrogen) atoms. The Bertz CT molecular complexity index is 2290. The molecule has 0 atom stereocenters. The van der Waals surface area contributed by atoms with Crippen LogP contribution in [0.5, 0.6) is 0 Å². The number of carbonyl (C=O) groups is 3. The van der Waals surface area contributed by atoms with Crippen LogP contribution in [-0.2, 0) is 30.7 Å². The summed E-state index contributed by atoms with van der Waals surface area (Å²) in [6.07, 6.45) is 4.63. The highest BCUT2D eigenvalue weighted by Gasteiger charge is 2.30. The highest BCUT2D eigenvalue weighted by atomic mass is 32.1. The van der Waals surface area contributed by atoms with Gasteiger partial charge in [-0.1, -0.05) is 36.4 Å². The number of nitrogens with one attached hydrogen (secondary N) is 1.